The van der Waals surface area contributed by atoms with E-state index in [9.17, 15) is 39.2 Å². The van der Waals surface area contributed by atoms with Crippen LogP contribution in [0.4, 0.5) is 5.69 Å². The van der Waals surface area contributed by atoms with Crippen molar-refractivity contribution >= 4 is 35.3 Å². The molecule has 0 radical (unpaired) electrons. The number of nitrogens with one attached hydrogen (secondary N) is 3. The summed E-state index contributed by atoms with van der Waals surface area (Å²) in [5.41, 5.74) is 5.57. The molecule has 256 valence electrons. The minimum Gasteiger partial charge on any atom is -0.502 e. The van der Waals surface area contributed by atoms with E-state index < -0.39 is 70.2 Å². The lowest BCUT2D eigenvalue weighted by Gasteiger charge is -2.22. The summed E-state index contributed by atoms with van der Waals surface area (Å²) in [4.78, 5) is 73.1. The van der Waals surface area contributed by atoms with E-state index >= 15 is 0 Å². The number of ether oxygens (including phenoxy) is 1. The SMILES string of the molecule is Cc1ccc(C(=O)N[C@@H](CCCCNC(=O)c2cccc(OCC(=O)O)c2)C(=O)N[C@@H](Cc2ccc(C#N)cc2)C(N)=O)c([N+](=O)[O-])c1O. The van der Waals surface area contributed by atoms with Crippen molar-refractivity contribution in [3.8, 4) is 17.6 Å². The second-order valence-electron chi connectivity index (χ2n) is 10.8. The average Bonchev–Trinajstić information content (AvgIpc) is 3.07. The summed E-state index contributed by atoms with van der Waals surface area (Å²) in [5.74, 6) is -4.87. The van der Waals surface area contributed by atoms with Crippen molar-refractivity contribution in [2.45, 2.75) is 44.7 Å². The Kier molecular flexibility index (Phi) is 13.1. The Morgan fingerprint density at radius 3 is 2.35 bits per heavy atom. The smallest absolute Gasteiger partial charge is 0.341 e. The number of nitro groups is 1. The van der Waals surface area contributed by atoms with Crippen LogP contribution in [0.3, 0.4) is 0 Å². The van der Waals surface area contributed by atoms with Crippen LogP contribution in [0.2, 0.25) is 0 Å². The van der Waals surface area contributed by atoms with E-state index in [1.54, 1.807) is 12.1 Å². The van der Waals surface area contributed by atoms with E-state index in [0.717, 1.165) is 6.07 Å². The predicted molar refractivity (Wildman–Crippen MR) is 172 cm³/mol. The van der Waals surface area contributed by atoms with E-state index in [2.05, 4.69) is 16.0 Å². The Balaban J connectivity index is 1.72. The molecular weight excluding hydrogens is 640 g/mol. The highest BCUT2D eigenvalue weighted by molar-refractivity contribution is 6.02. The molecule has 3 rings (SSSR count). The Hall–Kier alpha value is -6.50. The van der Waals surface area contributed by atoms with Crippen molar-refractivity contribution in [1.82, 2.24) is 16.0 Å². The fraction of sp³-hybridized carbons (Fsp3) is 0.273. The van der Waals surface area contributed by atoms with Crippen LogP contribution < -0.4 is 26.4 Å². The lowest BCUT2D eigenvalue weighted by atomic mass is 10.0. The highest BCUT2D eigenvalue weighted by Crippen LogP contribution is 2.33. The number of unbranched alkanes of at least 4 members (excludes halogenated alkanes) is 1. The molecule has 16 nitrogen and oxygen atoms in total. The van der Waals surface area contributed by atoms with Gasteiger partial charge in [-0.25, -0.2) is 4.79 Å². The zero-order valence-corrected chi connectivity index (χ0v) is 26.3. The number of primary amides is 1. The molecule has 7 N–H and O–H groups in total. The summed E-state index contributed by atoms with van der Waals surface area (Å²) in [6, 6.07) is 14.1. The van der Waals surface area contributed by atoms with E-state index in [1.807, 2.05) is 6.07 Å². The third-order valence-electron chi connectivity index (χ3n) is 7.25. The van der Waals surface area contributed by atoms with Gasteiger partial charge in [-0.1, -0.05) is 24.3 Å². The number of carboxylic acids is 1. The van der Waals surface area contributed by atoms with Gasteiger partial charge in [-0.2, -0.15) is 5.26 Å². The molecule has 2 atom stereocenters. The molecule has 0 fully saturated rings. The first kappa shape index (κ1) is 37.0. The predicted octanol–water partition coefficient (Wildman–Crippen LogP) is 1.86. The fourth-order valence-electron chi connectivity index (χ4n) is 4.65. The largest absolute Gasteiger partial charge is 0.502 e. The number of amides is 4. The maximum atomic E-state index is 13.5. The van der Waals surface area contributed by atoms with Crippen LogP contribution in [0.1, 0.15) is 56.7 Å². The Labute approximate surface area is 280 Å². The number of hydrogen-bond donors (Lipinski definition) is 6. The van der Waals surface area contributed by atoms with Crippen molar-refractivity contribution in [1.29, 1.82) is 5.26 Å². The lowest BCUT2D eigenvalue weighted by Crippen LogP contribution is -2.53. The molecule has 0 heterocycles. The van der Waals surface area contributed by atoms with Gasteiger partial charge in [0.1, 0.15) is 23.4 Å². The standard InChI is InChI=1S/C33H34N6O10/c1-19-8-13-24(28(29(19)42)39(47)48)32(45)37-25(33(46)38-26(30(35)43)15-20-9-11-21(17-34)12-10-20)7-2-3-14-36-31(44)22-5-4-6-23(16-22)49-18-27(40)41/h4-6,8-13,16,25-26,42H,2-3,7,14-15,18H2,1H3,(H2,35,43)(H,36,44)(H,37,45)(H,38,46)(H,40,41)/t25-,26-/m0/s1. The zero-order valence-electron chi connectivity index (χ0n) is 26.3. The van der Waals surface area contributed by atoms with Crippen molar-refractivity contribution < 1.29 is 43.8 Å². The number of phenolic OH excluding ortho intramolecular Hbond substituents is 1. The summed E-state index contributed by atoms with van der Waals surface area (Å²) in [6.07, 6.45) is 0.508. The molecule has 0 bridgehead atoms. The van der Waals surface area contributed by atoms with Gasteiger partial charge in [0.2, 0.25) is 11.8 Å². The van der Waals surface area contributed by atoms with Gasteiger partial charge in [-0.3, -0.25) is 29.3 Å². The molecule has 0 aliphatic heterocycles. The molecule has 0 unspecified atom stereocenters. The molecule has 4 amide bonds. The van der Waals surface area contributed by atoms with E-state index in [0.29, 0.717) is 17.5 Å². The Bertz CT molecular complexity index is 1770. The number of aryl methyl sites for hydroxylation is 1. The summed E-state index contributed by atoms with van der Waals surface area (Å²) in [5, 5.41) is 47.4. The Morgan fingerprint density at radius 2 is 1.71 bits per heavy atom. The van der Waals surface area contributed by atoms with Crippen molar-refractivity contribution in [3.05, 3.63) is 98.6 Å². The molecule has 3 aromatic carbocycles. The van der Waals surface area contributed by atoms with Crippen LogP contribution in [0.25, 0.3) is 0 Å². The minimum atomic E-state index is -1.32. The summed E-state index contributed by atoms with van der Waals surface area (Å²) < 4.78 is 5.09. The van der Waals surface area contributed by atoms with Gasteiger partial charge in [-0.15, -0.1) is 0 Å². The normalized spacial score (nSPS) is 11.7. The number of nitrogens with zero attached hydrogens (tertiary/aromatic N) is 2. The number of benzene rings is 3. The Morgan fingerprint density at radius 1 is 1.00 bits per heavy atom. The van der Waals surface area contributed by atoms with Crippen LogP contribution in [0.5, 0.6) is 11.5 Å². The topological polar surface area (TPSA) is 264 Å². The lowest BCUT2D eigenvalue weighted by molar-refractivity contribution is -0.386. The number of aliphatic carboxylic acids is 1. The number of phenols is 1. The average molecular weight is 675 g/mol. The highest BCUT2D eigenvalue weighted by atomic mass is 16.6. The first-order valence-corrected chi connectivity index (χ1v) is 14.9. The molecular formula is C33H34N6O10. The monoisotopic (exact) mass is 674 g/mol. The first-order valence-electron chi connectivity index (χ1n) is 14.9. The summed E-state index contributed by atoms with van der Waals surface area (Å²) in [6.45, 7) is 0.979. The van der Waals surface area contributed by atoms with Gasteiger partial charge in [0.15, 0.2) is 12.4 Å². The number of hydrogen-bond acceptors (Lipinski definition) is 10. The van der Waals surface area contributed by atoms with Crippen LogP contribution in [-0.2, 0) is 20.8 Å². The molecule has 0 saturated carbocycles. The van der Waals surface area contributed by atoms with Crippen LogP contribution in [0.15, 0.2) is 60.7 Å². The molecule has 0 aliphatic carbocycles. The van der Waals surface area contributed by atoms with Gasteiger partial charge < -0.3 is 36.6 Å². The van der Waals surface area contributed by atoms with E-state index in [1.165, 1.54) is 49.4 Å². The van der Waals surface area contributed by atoms with Crippen molar-refractivity contribution in [3.63, 3.8) is 0 Å². The van der Waals surface area contributed by atoms with E-state index in [-0.39, 0.29) is 42.7 Å². The quantitative estimate of drug-likeness (QED) is 0.0683. The third-order valence-corrected chi connectivity index (χ3v) is 7.25. The summed E-state index contributed by atoms with van der Waals surface area (Å²) >= 11 is 0. The minimum absolute atomic E-state index is 0.0278. The van der Waals surface area contributed by atoms with Crippen LogP contribution in [0, 0.1) is 28.4 Å². The molecule has 3 aromatic rings. The number of aromatic hydroxyl groups is 1. The first-order chi connectivity index (χ1) is 23.3. The molecule has 0 saturated heterocycles. The number of carbonyl (C=O) groups excluding carboxylic acids is 4. The maximum Gasteiger partial charge on any atom is 0.341 e. The van der Waals surface area contributed by atoms with Gasteiger partial charge in [0.25, 0.3) is 11.8 Å². The molecule has 16 heteroatoms. The zero-order chi connectivity index (χ0) is 36.1. The van der Waals surface area contributed by atoms with Crippen LogP contribution >= 0.6 is 0 Å². The molecule has 0 spiro atoms. The van der Waals surface area contributed by atoms with Crippen molar-refractivity contribution in [2.24, 2.45) is 5.73 Å². The van der Waals surface area contributed by atoms with E-state index in [4.69, 9.17) is 20.8 Å². The second kappa shape index (κ2) is 17.4. The highest BCUT2D eigenvalue weighted by Gasteiger charge is 2.30. The number of rotatable bonds is 17. The number of carboxylic acid groups (broad SMARTS) is 1. The number of nitrogens with two attached hydrogens (primary N) is 1. The fourth-order valence-corrected chi connectivity index (χ4v) is 4.65. The molecule has 0 aliphatic rings. The molecule has 0 aromatic heterocycles. The second-order valence-corrected chi connectivity index (χ2v) is 10.8. The number of carbonyl (C=O) groups is 5. The van der Waals surface area contributed by atoms with Gasteiger partial charge in [-0.05, 0) is 73.7 Å². The summed E-state index contributed by atoms with van der Waals surface area (Å²) in [7, 11) is 0. The maximum absolute atomic E-state index is 13.5. The molecule has 49 heavy (non-hydrogen) atoms. The van der Waals surface area contributed by atoms with Gasteiger partial charge in [0.05, 0.1) is 16.6 Å². The van der Waals surface area contributed by atoms with Gasteiger partial charge in [0, 0.05) is 18.5 Å². The number of nitriles is 1. The third kappa shape index (κ3) is 10.8. The number of nitro benzene ring substituents is 1. The van der Waals surface area contributed by atoms with Gasteiger partial charge >= 0.3 is 11.7 Å². The van der Waals surface area contributed by atoms with Crippen molar-refractivity contribution in [2.75, 3.05) is 13.2 Å². The van der Waals surface area contributed by atoms with Crippen LogP contribution in [-0.4, -0.2) is 70.0 Å².